The summed E-state index contributed by atoms with van der Waals surface area (Å²) in [5.74, 6) is -1.77. The number of rotatable bonds is 6. The van der Waals surface area contributed by atoms with E-state index in [2.05, 4.69) is 29.2 Å². The van der Waals surface area contributed by atoms with Gasteiger partial charge in [0.2, 0.25) is 5.91 Å². The average Bonchev–Trinajstić information content (AvgIpc) is 2.67. The number of nitrogens with one attached hydrogen (secondary N) is 1. The van der Waals surface area contributed by atoms with Crippen LogP contribution in [-0.2, 0) is 42.3 Å². The Hall–Kier alpha value is -1.87. The number of carboxylic acids is 1. The second-order valence-corrected chi connectivity index (χ2v) is 7.03. The van der Waals surface area contributed by atoms with Gasteiger partial charge in [-0.3, -0.25) is 9.59 Å². The van der Waals surface area contributed by atoms with Gasteiger partial charge >= 0.3 is 0 Å². The van der Waals surface area contributed by atoms with Crippen LogP contribution in [0.4, 0.5) is 5.95 Å². The number of hydrogen-bond acceptors (Lipinski definition) is 6. The average molecular weight is 474 g/mol. The summed E-state index contributed by atoms with van der Waals surface area (Å²) >= 11 is 0. The van der Waals surface area contributed by atoms with Gasteiger partial charge in [0.1, 0.15) is 5.52 Å². The Morgan fingerprint density at radius 2 is 1.97 bits per heavy atom. The van der Waals surface area contributed by atoms with Crippen LogP contribution < -0.4 is 15.1 Å². The standard InChI is InChI=1S/C19H23N5O4.Y/c1-12(18(26)27)13(2)20-17(25)11-14-7-9-23(10-8-14)19-21-15-5-3-4-6-16(15)24(28)22-19;/h3-6,12-14H,1-2,7-11H2,(H,20,25)(H,26,27);/q-2;. The summed E-state index contributed by atoms with van der Waals surface area (Å²) in [6.45, 7) is 8.40. The number of benzene rings is 1. The third kappa shape index (κ3) is 5.82. The van der Waals surface area contributed by atoms with Gasteiger partial charge in [-0.1, -0.05) is 18.1 Å². The molecule has 1 aliphatic heterocycles. The largest absolute Gasteiger partial charge is 0.594 e. The molecule has 1 aromatic carbocycles. The van der Waals surface area contributed by atoms with Crippen molar-refractivity contribution in [3.05, 3.63) is 43.3 Å². The number of piperidine rings is 1. The molecule has 2 N–H and O–H groups in total. The molecule has 1 aliphatic rings. The minimum absolute atomic E-state index is 0. The second kappa shape index (κ2) is 10.2. The van der Waals surface area contributed by atoms with Crippen LogP contribution in [0.1, 0.15) is 19.3 Å². The molecule has 3 rings (SSSR count). The molecule has 1 aromatic heterocycles. The molecule has 10 heteroatoms. The zero-order valence-electron chi connectivity index (χ0n) is 16.0. The Bertz CT molecular complexity index is 873. The van der Waals surface area contributed by atoms with Gasteiger partial charge in [-0.15, -0.1) is 6.04 Å². The van der Waals surface area contributed by atoms with Crippen molar-refractivity contribution in [3.63, 3.8) is 0 Å². The van der Waals surface area contributed by atoms with Crippen molar-refractivity contribution >= 4 is 28.9 Å². The van der Waals surface area contributed by atoms with Crippen molar-refractivity contribution in [2.75, 3.05) is 18.0 Å². The first kappa shape index (κ1) is 23.4. The maximum absolute atomic E-state index is 12.1. The first-order valence-corrected chi connectivity index (χ1v) is 9.15. The van der Waals surface area contributed by atoms with Crippen molar-refractivity contribution in [1.82, 2.24) is 15.4 Å². The van der Waals surface area contributed by atoms with Crippen LogP contribution in [0, 0.1) is 30.9 Å². The van der Waals surface area contributed by atoms with E-state index in [1.807, 2.05) is 11.0 Å². The Labute approximate surface area is 194 Å². The predicted octanol–water partition coefficient (Wildman–Crippen LogP) is 0.721. The number of aromatic nitrogens is 3. The van der Waals surface area contributed by atoms with E-state index in [9.17, 15) is 14.8 Å². The van der Waals surface area contributed by atoms with E-state index in [1.54, 1.807) is 18.2 Å². The van der Waals surface area contributed by atoms with Gasteiger partial charge in [0.15, 0.2) is 0 Å². The van der Waals surface area contributed by atoms with Crippen LogP contribution in [0.25, 0.3) is 11.0 Å². The molecule has 153 valence electrons. The van der Waals surface area contributed by atoms with E-state index in [1.165, 1.54) is 0 Å². The van der Waals surface area contributed by atoms with E-state index in [0.29, 0.717) is 41.3 Å². The van der Waals surface area contributed by atoms with Crippen LogP contribution in [0.15, 0.2) is 24.3 Å². The topological polar surface area (TPSA) is 122 Å². The normalized spacial score (nSPS) is 16.7. The maximum atomic E-state index is 12.1. The van der Waals surface area contributed by atoms with E-state index in [0.717, 1.165) is 12.8 Å². The number of fused-ring (bicyclic) bond motifs is 1. The number of amides is 1. The Morgan fingerprint density at radius 3 is 2.62 bits per heavy atom. The van der Waals surface area contributed by atoms with Crippen LogP contribution in [0.2, 0.25) is 0 Å². The van der Waals surface area contributed by atoms with Gasteiger partial charge in [-0.05, 0) is 29.7 Å². The van der Waals surface area contributed by atoms with Crippen molar-refractivity contribution in [2.45, 2.75) is 25.3 Å². The van der Waals surface area contributed by atoms with E-state index in [4.69, 9.17) is 5.11 Å². The summed E-state index contributed by atoms with van der Waals surface area (Å²) in [6.07, 6.45) is 1.79. The molecule has 1 radical (unpaired) electrons. The van der Waals surface area contributed by atoms with Gasteiger partial charge in [0, 0.05) is 58.3 Å². The van der Waals surface area contributed by atoms with Gasteiger partial charge in [-0.2, -0.15) is 0 Å². The SMILES string of the molecule is [CH2-]C(NC(=O)CC1CCN(c2nc3ccccc3[n+]([O-])n2)CC1)C([CH2-])C(=O)O.[Y]. The smallest absolute Gasteiger partial charge is 0.293 e. The van der Waals surface area contributed by atoms with Crippen molar-refractivity contribution < 1.29 is 52.2 Å². The molecule has 0 spiro atoms. The molecule has 0 saturated carbocycles. The van der Waals surface area contributed by atoms with Gasteiger partial charge < -0.3 is 34.4 Å². The number of aliphatic carboxylic acids is 1. The number of nitrogens with zero attached hydrogens (tertiary/aromatic N) is 4. The zero-order chi connectivity index (χ0) is 20.3. The monoisotopic (exact) mass is 474 g/mol. The Kier molecular flexibility index (Phi) is 8.27. The fourth-order valence-corrected chi connectivity index (χ4v) is 3.26. The number of carbonyl (C=O) groups is 2. The van der Waals surface area contributed by atoms with Crippen LogP contribution in [-0.4, -0.2) is 46.2 Å². The molecule has 1 fully saturated rings. The maximum Gasteiger partial charge on any atom is 0.293 e. The summed E-state index contributed by atoms with van der Waals surface area (Å²) in [7, 11) is 0. The molecule has 0 aliphatic carbocycles. The summed E-state index contributed by atoms with van der Waals surface area (Å²) in [6, 6.07) is 6.26. The van der Waals surface area contributed by atoms with E-state index in [-0.39, 0.29) is 44.5 Å². The number of para-hydroxylation sites is 2. The molecule has 0 bridgehead atoms. The second-order valence-electron chi connectivity index (χ2n) is 7.03. The van der Waals surface area contributed by atoms with E-state index >= 15 is 0 Å². The summed E-state index contributed by atoms with van der Waals surface area (Å²) in [4.78, 5) is 30.0. The molecular weight excluding hydrogens is 451 g/mol. The molecule has 1 amide bonds. The quantitative estimate of drug-likeness (QED) is 0.360. The first-order chi connectivity index (χ1) is 13.3. The Balaban J connectivity index is 0.00000300. The third-order valence-electron chi connectivity index (χ3n) is 5.01. The van der Waals surface area contributed by atoms with Crippen molar-refractivity contribution in [3.8, 4) is 0 Å². The summed E-state index contributed by atoms with van der Waals surface area (Å²) < 4.78 is 0. The minimum atomic E-state index is -1.10. The van der Waals surface area contributed by atoms with Crippen LogP contribution >= 0.6 is 0 Å². The number of carboxylic acid groups (broad SMARTS) is 1. The van der Waals surface area contributed by atoms with Gasteiger partial charge in [0.05, 0.1) is 5.10 Å². The summed E-state index contributed by atoms with van der Waals surface area (Å²) in [5.41, 5.74) is 1.01. The molecule has 2 heterocycles. The van der Waals surface area contributed by atoms with Crippen LogP contribution in [0.5, 0.6) is 0 Å². The van der Waals surface area contributed by atoms with Crippen LogP contribution in [0.3, 0.4) is 0 Å². The fourth-order valence-electron chi connectivity index (χ4n) is 3.26. The molecule has 9 nitrogen and oxygen atoms in total. The molecule has 1 saturated heterocycles. The Morgan fingerprint density at radius 1 is 1.31 bits per heavy atom. The number of anilines is 1. The van der Waals surface area contributed by atoms with Gasteiger partial charge in [0.25, 0.3) is 17.4 Å². The molecular formula is C19H23N5O4Y-2. The third-order valence-corrected chi connectivity index (χ3v) is 5.01. The molecule has 2 unspecified atom stereocenters. The number of hydrogen-bond donors (Lipinski definition) is 2. The zero-order valence-corrected chi connectivity index (χ0v) is 18.9. The molecule has 2 aromatic rings. The molecule has 2 atom stereocenters. The van der Waals surface area contributed by atoms with Crippen molar-refractivity contribution in [1.29, 1.82) is 0 Å². The van der Waals surface area contributed by atoms with Crippen molar-refractivity contribution in [2.24, 2.45) is 11.8 Å². The first-order valence-electron chi connectivity index (χ1n) is 9.15. The fraction of sp³-hybridized carbons (Fsp3) is 0.421. The van der Waals surface area contributed by atoms with Gasteiger partial charge in [-0.25, -0.2) is 4.98 Å². The minimum Gasteiger partial charge on any atom is -0.594 e. The predicted molar refractivity (Wildman–Crippen MR) is 102 cm³/mol. The number of carbonyl (C=O) groups excluding carboxylic acids is 1. The summed E-state index contributed by atoms with van der Waals surface area (Å²) in [5, 5.41) is 27.6. The van der Waals surface area contributed by atoms with E-state index < -0.39 is 17.9 Å². The molecule has 29 heavy (non-hydrogen) atoms.